The zero-order valence-corrected chi connectivity index (χ0v) is 11.9. The SMILES string of the molecule is CC1OCCC1S(=O)(=O)NCc1ccccc1C(=O)O. The van der Waals surface area contributed by atoms with Gasteiger partial charge in [0.2, 0.25) is 10.0 Å². The topological polar surface area (TPSA) is 92.7 Å². The molecule has 2 rings (SSSR count). The summed E-state index contributed by atoms with van der Waals surface area (Å²) in [5, 5.41) is 8.47. The van der Waals surface area contributed by atoms with Crippen molar-refractivity contribution in [2.24, 2.45) is 0 Å². The van der Waals surface area contributed by atoms with E-state index >= 15 is 0 Å². The van der Waals surface area contributed by atoms with Gasteiger partial charge in [-0.3, -0.25) is 0 Å². The average Bonchev–Trinajstić information content (AvgIpc) is 2.84. The quantitative estimate of drug-likeness (QED) is 0.845. The number of sulfonamides is 1. The first kappa shape index (κ1) is 15.0. The van der Waals surface area contributed by atoms with Crippen molar-refractivity contribution in [2.45, 2.75) is 31.2 Å². The van der Waals surface area contributed by atoms with Crippen LogP contribution in [0.5, 0.6) is 0 Å². The second kappa shape index (κ2) is 5.90. The van der Waals surface area contributed by atoms with Crippen LogP contribution < -0.4 is 4.72 Å². The lowest BCUT2D eigenvalue weighted by molar-refractivity contribution is 0.0695. The van der Waals surface area contributed by atoms with Gasteiger partial charge in [-0.25, -0.2) is 17.9 Å². The molecule has 6 nitrogen and oxygen atoms in total. The summed E-state index contributed by atoms with van der Waals surface area (Å²) in [6.45, 7) is 2.12. The summed E-state index contributed by atoms with van der Waals surface area (Å²) in [4.78, 5) is 11.1. The molecule has 2 atom stereocenters. The number of carbonyl (C=O) groups is 1. The number of carboxylic acids is 1. The predicted octanol–water partition coefficient (Wildman–Crippen LogP) is 0.982. The Morgan fingerprint density at radius 1 is 1.45 bits per heavy atom. The summed E-state index contributed by atoms with van der Waals surface area (Å²) in [5.41, 5.74) is 0.543. The van der Waals surface area contributed by atoms with Gasteiger partial charge in [-0.15, -0.1) is 0 Å². The third kappa shape index (κ3) is 3.17. The number of benzene rings is 1. The van der Waals surface area contributed by atoms with E-state index in [1.165, 1.54) is 6.07 Å². The largest absolute Gasteiger partial charge is 0.478 e. The molecule has 2 unspecified atom stereocenters. The zero-order chi connectivity index (χ0) is 14.8. The Kier molecular flexibility index (Phi) is 4.42. The smallest absolute Gasteiger partial charge is 0.336 e. The van der Waals surface area contributed by atoms with Gasteiger partial charge in [0.15, 0.2) is 0 Å². The van der Waals surface area contributed by atoms with E-state index in [9.17, 15) is 13.2 Å². The Morgan fingerprint density at radius 3 is 2.75 bits per heavy atom. The first-order valence-electron chi connectivity index (χ1n) is 6.33. The normalized spacial score (nSPS) is 22.9. The van der Waals surface area contributed by atoms with E-state index < -0.39 is 21.2 Å². The van der Waals surface area contributed by atoms with Crippen LogP contribution in [0.25, 0.3) is 0 Å². The van der Waals surface area contributed by atoms with Crippen LogP contribution in [-0.2, 0) is 21.3 Å². The number of hydrogen-bond acceptors (Lipinski definition) is 4. The van der Waals surface area contributed by atoms with Gasteiger partial charge in [0.25, 0.3) is 0 Å². The van der Waals surface area contributed by atoms with Crippen molar-refractivity contribution in [3.05, 3.63) is 35.4 Å². The summed E-state index contributed by atoms with van der Waals surface area (Å²) >= 11 is 0. The number of carboxylic acid groups (broad SMARTS) is 1. The lowest BCUT2D eigenvalue weighted by atomic mass is 10.1. The lowest BCUT2D eigenvalue weighted by Crippen LogP contribution is -2.38. The summed E-state index contributed by atoms with van der Waals surface area (Å²) in [6.07, 6.45) is 0.110. The van der Waals surface area contributed by atoms with E-state index in [1.54, 1.807) is 25.1 Å². The van der Waals surface area contributed by atoms with Crippen LogP contribution in [0.1, 0.15) is 29.3 Å². The standard InChI is InChI=1S/C13H17NO5S/c1-9-12(6-7-19-9)20(17,18)14-8-10-4-2-3-5-11(10)13(15)16/h2-5,9,12,14H,6-8H2,1H3,(H,15,16). The number of aromatic carboxylic acids is 1. The van der Waals surface area contributed by atoms with Crippen LogP contribution in [0.15, 0.2) is 24.3 Å². The summed E-state index contributed by atoms with van der Waals surface area (Å²) in [5.74, 6) is -1.07. The van der Waals surface area contributed by atoms with E-state index in [2.05, 4.69) is 4.72 Å². The van der Waals surface area contributed by atoms with Crippen LogP contribution >= 0.6 is 0 Å². The Morgan fingerprint density at radius 2 is 2.15 bits per heavy atom. The van der Waals surface area contributed by atoms with E-state index in [1.807, 2.05) is 0 Å². The van der Waals surface area contributed by atoms with Crippen molar-refractivity contribution in [1.82, 2.24) is 4.72 Å². The van der Waals surface area contributed by atoms with E-state index in [0.29, 0.717) is 18.6 Å². The molecule has 1 aliphatic heterocycles. The van der Waals surface area contributed by atoms with Crippen molar-refractivity contribution in [3.63, 3.8) is 0 Å². The third-order valence-corrected chi connectivity index (χ3v) is 5.38. The Hall–Kier alpha value is -1.44. The highest BCUT2D eigenvalue weighted by Gasteiger charge is 2.35. The van der Waals surface area contributed by atoms with Gasteiger partial charge in [0, 0.05) is 13.2 Å². The van der Waals surface area contributed by atoms with Gasteiger partial charge in [-0.05, 0) is 25.0 Å². The minimum absolute atomic E-state index is 0.0337. The van der Waals surface area contributed by atoms with E-state index in [0.717, 1.165) is 0 Å². The summed E-state index contributed by atoms with van der Waals surface area (Å²) in [6, 6.07) is 6.33. The van der Waals surface area contributed by atoms with Gasteiger partial charge in [-0.1, -0.05) is 18.2 Å². The molecule has 0 radical (unpaired) electrons. The summed E-state index contributed by atoms with van der Waals surface area (Å²) in [7, 11) is -3.52. The molecule has 1 aromatic rings. The highest BCUT2D eigenvalue weighted by Crippen LogP contribution is 2.20. The molecule has 20 heavy (non-hydrogen) atoms. The molecule has 0 spiro atoms. The highest BCUT2D eigenvalue weighted by atomic mass is 32.2. The second-order valence-corrected chi connectivity index (χ2v) is 6.72. The fraction of sp³-hybridized carbons (Fsp3) is 0.462. The fourth-order valence-corrected chi connectivity index (χ4v) is 3.85. The van der Waals surface area contributed by atoms with Crippen LogP contribution in [0.2, 0.25) is 0 Å². The molecule has 0 aliphatic carbocycles. The van der Waals surface area contributed by atoms with Crippen molar-refractivity contribution in [1.29, 1.82) is 0 Å². The molecule has 110 valence electrons. The van der Waals surface area contributed by atoms with Crippen molar-refractivity contribution in [3.8, 4) is 0 Å². The van der Waals surface area contributed by atoms with Gasteiger partial charge in [-0.2, -0.15) is 0 Å². The van der Waals surface area contributed by atoms with Crippen LogP contribution in [-0.4, -0.2) is 37.5 Å². The van der Waals surface area contributed by atoms with Crippen molar-refractivity contribution < 1.29 is 23.1 Å². The average molecular weight is 299 g/mol. The maximum absolute atomic E-state index is 12.2. The Balaban J connectivity index is 2.11. The molecule has 1 saturated heterocycles. The highest BCUT2D eigenvalue weighted by molar-refractivity contribution is 7.90. The molecule has 7 heteroatoms. The van der Waals surface area contributed by atoms with E-state index in [-0.39, 0.29) is 18.2 Å². The molecule has 0 saturated carbocycles. The number of rotatable bonds is 5. The number of hydrogen-bond donors (Lipinski definition) is 2. The maximum atomic E-state index is 12.2. The molecule has 0 bridgehead atoms. The molecule has 1 fully saturated rings. The maximum Gasteiger partial charge on any atom is 0.336 e. The van der Waals surface area contributed by atoms with Crippen LogP contribution in [0.3, 0.4) is 0 Å². The van der Waals surface area contributed by atoms with Crippen LogP contribution in [0, 0.1) is 0 Å². The molecular weight excluding hydrogens is 282 g/mol. The van der Waals surface area contributed by atoms with E-state index in [4.69, 9.17) is 9.84 Å². The molecular formula is C13H17NO5S. The molecule has 0 amide bonds. The molecule has 1 aromatic carbocycles. The zero-order valence-electron chi connectivity index (χ0n) is 11.1. The first-order chi connectivity index (χ1) is 9.42. The Bertz CT molecular complexity index is 599. The second-order valence-electron chi connectivity index (χ2n) is 4.73. The summed E-state index contributed by atoms with van der Waals surface area (Å²) < 4.78 is 32.0. The van der Waals surface area contributed by atoms with Gasteiger partial charge < -0.3 is 9.84 Å². The van der Waals surface area contributed by atoms with Crippen molar-refractivity contribution >= 4 is 16.0 Å². The molecule has 1 aliphatic rings. The predicted molar refractivity (Wildman–Crippen MR) is 73.0 cm³/mol. The van der Waals surface area contributed by atoms with Crippen molar-refractivity contribution in [2.75, 3.05) is 6.61 Å². The molecule has 2 N–H and O–H groups in total. The number of ether oxygens (including phenoxy) is 1. The molecule has 0 aromatic heterocycles. The lowest BCUT2D eigenvalue weighted by Gasteiger charge is -2.16. The van der Waals surface area contributed by atoms with Crippen LogP contribution in [0.4, 0.5) is 0 Å². The Labute approximate surface area is 117 Å². The van der Waals surface area contributed by atoms with Gasteiger partial charge >= 0.3 is 5.97 Å². The monoisotopic (exact) mass is 299 g/mol. The third-order valence-electron chi connectivity index (χ3n) is 3.42. The molecule has 1 heterocycles. The first-order valence-corrected chi connectivity index (χ1v) is 7.87. The minimum Gasteiger partial charge on any atom is -0.478 e. The fourth-order valence-electron chi connectivity index (χ4n) is 2.29. The number of nitrogens with one attached hydrogen (secondary N) is 1. The van der Waals surface area contributed by atoms with Gasteiger partial charge in [0.05, 0.1) is 11.7 Å². The minimum atomic E-state index is -3.52. The van der Waals surface area contributed by atoms with Gasteiger partial charge in [0.1, 0.15) is 5.25 Å².